The molecule has 1 fully saturated rings. The molecule has 120 valence electrons. The normalized spacial score (nSPS) is 31.9. The summed E-state index contributed by atoms with van der Waals surface area (Å²) in [7, 11) is 1.47. The van der Waals surface area contributed by atoms with Gasteiger partial charge >= 0.3 is 0 Å². The van der Waals surface area contributed by atoms with Crippen molar-refractivity contribution >= 4 is 17.6 Å². The summed E-state index contributed by atoms with van der Waals surface area (Å²) in [6.45, 7) is -0.636. The molecule has 0 saturated carbocycles. The van der Waals surface area contributed by atoms with E-state index < -0.39 is 37.1 Å². The summed E-state index contributed by atoms with van der Waals surface area (Å²) in [6.07, 6.45) is -3.39. The minimum absolute atomic E-state index is 0.0195. The molecule has 1 aromatic rings. The average Bonchev–Trinajstić information content (AvgIpc) is 3.03. The van der Waals surface area contributed by atoms with Crippen LogP contribution in [0, 0.1) is 0 Å². The number of hydrogen-bond donors (Lipinski definition) is 4. The van der Waals surface area contributed by atoms with Crippen LogP contribution in [0.1, 0.15) is 16.7 Å². The molecule has 1 aromatic heterocycles. The Balaban J connectivity index is 2.03. The van der Waals surface area contributed by atoms with Gasteiger partial charge in [0.25, 0.3) is 5.91 Å². The summed E-state index contributed by atoms with van der Waals surface area (Å²) in [4.78, 5) is 29.1. The number of carbonyl (C=O) groups excluding carboxylic acids is 2. The van der Waals surface area contributed by atoms with E-state index in [1.807, 2.05) is 0 Å². The van der Waals surface area contributed by atoms with Crippen molar-refractivity contribution in [3.8, 4) is 0 Å². The van der Waals surface area contributed by atoms with Crippen molar-refractivity contribution in [1.82, 2.24) is 14.9 Å². The number of rotatable bonds is 2. The van der Waals surface area contributed by atoms with Crippen LogP contribution in [0.2, 0.25) is 0 Å². The fourth-order valence-electron chi connectivity index (χ4n) is 2.62. The molecule has 2 aliphatic rings. The summed E-state index contributed by atoms with van der Waals surface area (Å²) >= 11 is 0. The second-order valence-corrected chi connectivity index (χ2v) is 5.19. The maximum Gasteiger partial charge on any atom is 0.274 e. The Kier molecular flexibility index (Phi) is 3.60. The first-order valence-electron chi connectivity index (χ1n) is 6.69. The maximum absolute atomic E-state index is 11.9. The molecule has 2 amide bonds. The number of aliphatic hydroxyl groups is 3. The van der Waals surface area contributed by atoms with Gasteiger partial charge in [-0.15, -0.1) is 0 Å². The van der Waals surface area contributed by atoms with Gasteiger partial charge in [-0.25, -0.2) is 4.98 Å². The summed E-state index contributed by atoms with van der Waals surface area (Å²) in [5.74, 6) is -0.714. The highest BCUT2D eigenvalue weighted by Gasteiger charge is 2.45. The van der Waals surface area contributed by atoms with E-state index in [0.29, 0.717) is 0 Å². The van der Waals surface area contributed by atoms with Gasteiger partial charge in [-0.1, -0.05) is 0 Å². The van der Waals surface area contributed by atoms with Gasteiger partial charge in [-0.3, -0.25) is 19.1 Å². The topological polar surface area (TPSA) is 137 Å². The lowest BCUT2D eigenvalue weighted by Gasteiger charge is -2.23. The van der Waals surface area contributed by atoms with Crippen LogP contribution in [0.4, 0.5) is 5.82 Å². The molecule has 0 aromatic carbocycles. The van der Waals surface area contributed by atoms with Crippen molar-refractivity contribution in [3.05, 3.63) is 12.0 Å². The zero-order valence-electron chi connectivity index (χ0n) is 11.7. The molecule has 0 aliphatic carbocycles. The van der Waals surface area contributed by atoms with Crippen molar-refractivity contribution in [3.63, 3.8) is 0 Å². The molecular formula is C12H16N4O6. The van der Waals surface area contributed by atoms with Gasteiger partial charge in [0.1, 0.15) is 18.3 Å². The van der Waals surface area contributed by atoms with E-state index in [9.17, 15) is 19.8 Å². The smallest absolute Gasteiger partial charge is 0.274 e. The predicted molar refractivity (Wildman–Crippen MR) is 71.0 cm³/mol. The number of ether oxygens (including phenoxy) is 1. The Hall–Kier alpha value is -2.01. The van der Waals surface area contributed by atoms with E-state index in [1.54, 1.807) is 0 Å². The Labute approximate surface area is 124 Å². The van der Waals surface area contributed by atoms with Gasteiger partial charge in [-0.05, 0) is 0 Å². The van der Waals surface area contributed by atoms with Crippen LogP contribution in [-0.4, -0.2) is 75.2 Å². The molecule has 2 aliphatic heterocycles. The lowest BCUT2D eigenvalue weighted by molar-refractivity contribution is -0.117. The van der Waals surface area contributed by atoms with E-state index in [1.165, 1.54) is 22.8 Å². The third-order valence-corrected chi connectivity index (χ3v) is 3.87. The Morgan fingerprint density at radius 3 is 2.77 bits per heavy atom. The Morgan fingerprint density at radius 1 is 1.41 bits per heavy atom. The lowest BCUT2D eigenvalue weighted by atomic mass is 10.1. The van der Waals surface area contributed by atoms with Crippen molar-refractivity contribution in [1.29, 1.82) is 0 Å². The summed E-state index contributed by atoms with van der Waals surface area (Å²) in [6, 6.07) is 0. The minimum atomic E-state index is -1.33. The molecule has 1 saturated heterocycles. The van der Waals surface area contributed by atoms with Gasteiger partial charge in [0, 0.05) is 7.05 Å². The molecule has 4 N–H and O–H groups in total. The molecule has 10 heteroatoms. The van der Waals surface area contributed by atoms with E-state index in [4.69, 9.17) is 9.84 Å². The number of likely N-dealkylation sites (N-methyl/N-ethyl adjacent to an activating group) is 1. The standard InChI is InChI=1S/C12H16N4O6/c1-15-6(18)2-13-10(21)7-11(15)16(4-14-7)12-9(20)8(19)5(3-17)22-12/h4-5,8-9,12,17,19-20H,2-3H2,1H3,(H,13,21). The van der Waals surface area contributed by atoms with Crippen LogP contribution >= 0.6 is 0 Å². The first-order chi connectivity index (χ1) is 10.5. The molecule has 0 radical (unpaired) electrons. The number of carbonyl (C=O) groups is 2. The van der Waals surface area contributed by atoms with Gasteiger partial charge in [0.05, 0.1) is 19.5 Å². The SMILES string of the molecule is CN1C(=O)CNC(=O)c2ncn(C3OC(CO)C(O)C3O)c21. The third kappa shape index (κ3) is 2.08. The summed E-state index contributed by atoms with van der Waals surface area (Å²) < 4.78 is 6.72. The molecule has 3 rings (SSSR count). The molecule has 10 nitrogen and oxygen atoms in total. The van der Waals surface area contributed by atoms with Crippen LogP contribution < -0.4 is 10.2 Å². The fourth-order valence-corrected chi connectivity index (χ4v) is 2.62. The molecular weight excluding hydrogens is 296 g/mol. The highest BCUT2D eigenvalue weighted by atomic mass is 16.6. The third-order valence-electron chi connectivity index (χ3n) is 3.87. The van der Waals surface area contributed by atoms with Crippen LogP contribution in [-0.2, 0) is 9.53 Å². The highest BCUT2D eigenvalue weighted by molar-refractivity contribution is 6.07. The van der Waals surface area contributed by atoms with Crippen molar-refractivity contribution in [2.24, 2.45) is 0 Å². The zero-order valence-corrected chi connectivity index (χ0v) is 11.7. The predicted octanol–water partition coefficient (Wildman–Crippen LogP) is -2.80. The van der Waals surface area contributed by atoms with Crippen molar-refractivity contribution in [2.45, 2.75) is 24.5 Å². The zero-order chi connectivity index (χ0) is 16.0. The molecule has 0 bridgehead atoms. The number of nitrogens with zero attached hydrogens (tertiary/aromatic N) is 3. The highest BCUT2D eigenvalue weighted by Crippen LogP contribution is 2.34. The minimum Gasteiger partial charge on any atom is -0.394 e. The number of imidazole rings is 1. The van der Waals surface area contributed by atoms with E-state index in [0.717, 1.165) is 0 Å². The number of aliphatic hydroxyl groups excluding tert-OH is 3. The van der Waals surface area contributed by atoms with E-state index in [-0.39, 0.29) is 24.0 Å². The summed E-state index contributed by atoms with van der Waals surface area (Å²) in [5.41, 5.74) is 0.0195. The fraction of sp³-hybridized carbons (Fsp3) is 0.583. The van der Waals surface area contributed by atoms with E-state index >= 15 is 0 Å². The summed E-state index contributed by atoms with van der Waals surface area (Å²) in [5, 5.41) is 31.5. The molecule has 22 heavy (non-hydrogen) atoms. The second-order valence-electron chi connectivity index (χ2n) is 5.19. The molecule has 3 heterocycles. The Bertz CT molecular complexity index is 617. The quantitative estimate of drug-likeness (QED) is 0.463. The van der Waals surface area contributed by atoms with Crippen LogP contribution in [0.3, 0.4) is 0 Å². The largest absolute Gasteiger partial charge is 0.394 e. The number of fused-ring (bicyclic) bond motifs is 1. The number of anilines is 1. The first-order valence-corrected chi connectivity index (χ1v) is 6.69. The van der Waals surface area contributed by atoms with E-state index in [2.05, 4.69) is 10.3 Å². The molecule has 4 atom stereocenters. The number of amides is 2. The van der Waals surface area contributed by atoms with Crippen LogP contribution in [0.5, 0.6) is 0 Å². The van der Waals surface area contributed by atoms with Crippen LogP contribution in [0.15, 0.2) is 6.33 Å². The van der Waals surface area contributed by atoms with Gasteiger partial charge in [0.15, 0.2) is 17.7 Å². The number of aromatic nitrogens is 2. The van der Waals surface area contributed by atoms with Crippen LogP contribution in [0.25, 0.3) is 0 Å². The number of hydrogen-bond acceptors (Lipinski definition) is 7. The lowest BCUT2D eigenvalue weighted by Crippen LogP contribution is -2.36. The Morgan fingerprint density at radius 2 is 2.14 bits per heavy atom. The molecule has 4 unspecified atom stereocenters. The van der Waals surface area contributed by atoms with Crippen molar-refractivity contribution < 1.29 is 29.6 Å². The first kappa shape index (κ1) is 14.9. The molecule has 0 spiro atoms. The number of nitrogens with one attached hydrogen (secondary N) is 1. The van der Waals surface area contributed by atoms with Gasteiger partial charge in [-0.2, -0.15) is 0 Å². The van der Waals surface area contributed by atoms with Gasteiger partial charge < -0.3 is 25.4 Å². The second kappa shape index (κ2) is 5.32. The van der Waals surface area contributed by atoms with Gasteiger partial charge in [0.2, 0.25) is 5.91 Å². The monoisotopic (exact) mass is 312 g/mol. The average molecular weight is 312 g/mol. The van der Waals surface area contributed by atoms with Crippen molar-refractivity contribution in [2.75, 3.05) is 25.1 Å². The maximum atomic E-state index is 11.9.